The Balaban J connectivity index is 2.07. The van der Waals surface area contributed by atoms with Gasteiger partial charge in [-0.15, -0.1) is 13.2 Å². The fourth-order valence-electron chi connectivity index (χ4n) is 1.66. The van der Waals surface area contributed by atoms with Crippen LogP contribution in [0.3, 0.4) is 0 Å². The van der Waals surface area contributed by atoms with E-state index in [9.17, 15) is 23.1 Å². The minimum absolute atomic E-state index is 0.0483. The molecule has 0 aliphatic rings. The number of phenolic OH excluding ortho intramolecular Hbond substituents is 1. The largest absolute Gasteiger partial charge is 0.573 e. The molecule has 0 aliphatic heterocycles. The van der Waals surface area contributed by atoms with E-state index in [2.05, 4.69) is 31.2 Å². The van der Waals surface area contributed by atoms with Crippen molar-refractivity contribution < 1.29 is 27.8 Å². The quantitative estimate of drug-likeness (QED) is 0.603. The minimum Gasteiger partial charge on any atom is -0.507 e. The number of rotatable bonds is 4. The van der Waals surface area contributed by atoms with Gasteiger partial charge in [0, 0.05) is 15.6 Å². The molecule has 0 unspecified atom stereocenters. The SMILES string of the molecule is O=C(N/N=C\c1cc(OC(F)(F)F)ccc1O)c1ccc(Br)cc1. The van der Waals surface area contributed by atoms with Crippen LogP contribution in [0.4, 0.5) is 13.2 Å². The zero-order valence-corrected chi connectivity index (χ0v) is 13.4. The number of carbonyl (C=O) groups is 1. The van der Waals surface area contributed by atoms with Crippen molar-refractivity contribution in [2.75, 3.05) is 0 Å². The number of aromatic hydroxyl groups is 1. The van der Waals surface area contributed by atoms with Gasteiger partial charge in [-0.1, -0.05) is 15.9 Å². The van der Waals surface area contributed by atoms with Crippen LogP contribution in [0.5, 0.6) is 11.5 Å². The number of phenols is 1. The van der Waals surface area contributed by atoms with E-state index in [-0.39, 0.29) is 11.3 Å². The number of amides is 1. The standard InChI is InChI=1S/C15H10BrF3N2O3/c16-11-3-1-9(2-4-11)14(23)21-20-8-10-7-12(5-6-13(10)22)24-15(17,18)19/h1-8,22H,(H,21,23)/b20-8-. The molecule has 0 bridgehead atoms. The van der Waals surface area contributed by atoms with E-state index in [1.165, 1.54) is 0 Å². The summed E-state index contributed by atoms with van der Waals surface area (Å²) in [6.45, 7) is 0. The molecule has 0 saturated heterocycles. The summed E-state index contributed by atoms with van der Waals surface area (Å²) in [5.41, 5.74) is 2.50. The second kappa shape index (κ2) is 7.35. The van der Waals surface area contributed by atoms with Crippen LogP contribution in [-0.2, 0) is 0 Å². The van der Waals surface area contributed by atoms with Crippen LogP contribution in [0, 0.1) is 0 Å². The van der Waals surface area contributed by atoms with E-state index in [0.29, 0.717) is 5.56 Å². The number of hydrazone groups is 1. The Labute approximate surface area is 142 Å². The summed E-state index contributed by atoms with van der Waals surface area (Å²) in [6.07, 6.45) is -3.84. The number of halogens is 4. The van der Waals surface area contributed by atoms with Crippen molar-refractivity contribution in [3.63, 3.8) is 0 Å². The van der Waals surface area contributed by atoms with Gasteiger partial charge >= 0.3 is 6.36 Å². The maximum absolute atomic E-state index is 12.2. The lowest BCUT2D eigenvalue weighted by Crippen LogP contribution is -2.18. The predicted molar refractivity (Wildman–Crippen MR) is 84.0 cm³/mol. The molecular formula is C15H10BrF3N2O3. The van der Waals surface area contributed by atoms with E-state index in [0.717, 1.165) is 28.9 Å². The predicted octanol–water partition coefficient (Wildman–Crippen LogP) is 3.82. The molecule has 2 rings (SSSR count). The van der Waals surface area contributed by atoms with Crippen LogP contribution in [0.2, 0.25) is 0 Å². The number of hydrogen-bond donors (Lipinski definition) is 2. The van der Waals surface area contributed by atoms with Gasteiger partial charge in [-0.2, -0.15) is 5.10 Å². The van der Waals surface area contributed by atoms with Crippen LogP contribution in [0.15, 0.2) is 52.0 Å². The molecule has 0 aromatic heterocycles. The first-order valence-corrected chi connectivity index (χ1v) is 7.21. The normalized spacial score (nSPS) is 11.5. The minimum atomic E-state index is -4.85. The van der Waals surface area contributed by atoms with E-state index in [1.807, 2.05) is 0 Å². The molecule has 0 radical (unpaired) electrons. The van der Waals surface area contributed by atoms with Crippen molar-refractivity contribution in [3.05, 3.63) is 58.1 Å². The molecule has 126 valence electrons. The Morgan fingerprint density at radius 3 is 2.50 bits per heavy atom. The zero-order valence-electron chi connectivity index (χ0n) is 11.8. The molecule has 5 nitrogen and oxygen atoms in total. The summed E-state index contributed by atoms with van der Waals surface area (Å²) >= 11 is 3.23. The molecular weight excluding hydrogens is 393 g/mol. The summed E-state index contributed by atoms with van der Waals surface area (Å²) < 4.78 is 41.0. The average Bonchev–Trinajstić information content (AvgIpc) is 2.49. The molecule has 2 aromatic carbocycles. The first-order chi connectivity index (χ1) is 11.2. The number of hydrogen-bond acceptors (Lipinski definition) is 4. The highest BCUT2D eigenvalue weighted by atomic mass is 79.9. The van der Waals surface area contributed by atoms with Crippen molar-refractivity contribution in [1.82, 2.24) is 5.43 Å². The number of benzene rings is 2. The average molecular weight is 403 g/mol. The molecule has 0 heterocycles. The highest BCUT2D eigenvalue weighted by Gasteiger charge is 2.31. The number of nitrogens with one attached hydrogen (secondary N) is 1. The molecule has 1 amide bonds. The number of carbonyl (C=O) groups excluding carboxylic acids is 1. The number of ether oxygens (including phenoxy) is 1. The summed E-state index contributed by atoms with van der Waals surface area (Å²) in [5, 5.41) is 13.2. The molecule has 0 atom stereocenters. The second-order valence-corrected chi connectivity index (χ2v) is 5.39. The highest BCUT2D eigenvalue weighted by Crippen LogP contribution is 2.26. The third-order valence-corrected chi connectivity index (χ3v) is 3.24. The van der Waals surface area contributed by atoms with Gasteiger partial charge in [0.15, 0.2) is 0 Å². The summed E-state index contributed by atoms with van der Waals surface area (Å²) in [6, 6.07) is 9.39. The van der Waals surface area contributed by atoms with E-state index < -0.39 is 18.0 Å². The molecule has 24 heavy (non-hydrogen) atoms. The third-order valence-electron chi connectivity index (χ3n) is 2.71. The van der Waals surface area contributed by atoms with Gasteiger partial charge in [0.05, 0.1) is 6.21 Å². The zero-order chi connectivity index (χ0) is 17.7. The molecule has 0 spiro atoms. The fourth-order valence-corrected chi connectivity index (χ4v) is 1.92. The van der Waals surface area contributed by atoms with Gasteiger partial charge in [-0.05, 0) is 42.5 Å². The van der Waals surface area contributed by atoms with Crippen LogP contribution in [0.25, 0.3) is 0 Å². The number of nitrogens with zero attached hydrogens (tertiary/aromatic N) is 1. The lowest BCUT2D eigenvalue weighted by molar-refractivity contribution is -0.274. The van der Waals surface area contributed by atoms with E-state index >= 15 is 0 Å². The van der Waals surface area contributed by atoms with Gasteiger partial charge in [-0.25, -0.2) is 5.43 Å². The van der Waals surface area contributed by atoms with E-state index in [4.69, 9.17) is 0 Å². The highest BCUT2D eigenvalue weighted by molar-refractivity contribution is 9.10. The van der Waals surface area contributed by atoms with Crippen molar-refractivity contribution in [2.24, 2.45) is 5.10 Å². The summed E-state index contributed by atoms with van der Waals surface area (Å²) in [7, 11) is 0. The maximum atomic E-state index is 12.2. The molecule has 2 N–H and O–H groups in total. The first-order valence-electron chi connectivity index (χ1n) is 6.42. The Kier molecular flexibility index (Phi) is 5.45. The first kappa shape index (κ1) is 17.8. The van der Waals surface area contributed by atoms with Crippen molar-refractivity contribution in [3.8, 4) is 11.5 Å². The summed E-state index contributed by atoms with van der Waals surface area (Å²) in [4.78, 5) is 11.8. The number of alkyl halides is 3. The van der Waals surface area contributed by atoms with Crippen LogP contribution in [0.1, 0.15) is 15.9 Å². The van der Waals surface area contributed by atoms with Crippen LogP contribution >= 0.6 is 15.9 Å². The Hall–Kier alpha value is -2.55. The lowest BCUT2D eigenvalue weighted by Gasteiger charge is -2.09. The molecule has 0 fully saturated rings. The Morgan fingerprint density at radius 2 is 1.88 bits per heavy atom. The topological polar surface area (TPSA) is 70.9 Å². The van der Waals surface area contributed by atoms with Crippen molar-refractivity contribution in [2.45, 2.75) is 6.36 Å². The van der Waals surface area contributed by atoms with Gasteiger partial charge in [0.2, 0.25) is 0 Å². The Bertz CT molecular complexity index is 762. The monoisotopic (exact) mass is 402 g/mol. The molecule has 2 aromatic rings. The van der Waals surface area contributed by atoms with Gasteiger partial charge < -0.3 is 9.84 Å². The molecule has 0 aliphatic carbocycles. The maximum Gasteiger partial charge on any atom is 0.573 e. The lowest BCUT2D eigenvalue weighted by atomic mass is 10.2. The summed E-state index contributed by atoms with van der Waals surface area (Å²) in [5.74, 6) is -1.34. The van der Waals surface area contributed by atoms with Crippen molar-refractivity contribution >= 4 is 28.1 Å². The van der Waals surface area contributed by atoms with Crippen LogP contribution < -0.4 is 10.2 Å². The van der Waals surface area contributed by atoms with Gasteiger partial charge in [-0.3, -0.25) is 4.79 Å². The van der Waals surface area contributed by atoms with Crippen LogP contribution in [-0.4, -0.2) is 23.6 Å². The van der Waals surface area contributed by atoms with Gasteiger partial charge in [0.25, 0.3) is 5.91 Å². The third kappa shape index (κ3) is 5.27. The van der Waals surface area contributed by atoms with Crippen molar-refractivity contribution in [1.29, 1.82) is 0 Å². The smallest absolute Gasteiger partial charge is 0.507 e. The second-order valence-electron chi connectivity index (χ2n) is 4.47. The Morgan fingerprint density at radius 1 is 1.21 bits per heavy atom. The molecule has 9 heteroatoms. The molecule has 0 saturated carbocycles. The fraction of sp³-hybridized carbons (Fsp3) is 0.0667. The van der Waals surface area contributed by atoms with Gasteiger partial charge in [0.1, 0.15) is 11.5 Å². The van der Waals surface area contributed by atoms with E-state index in [1.54, 1.807) is 24.3 Å².